The van der Waals surface area contributed by atoms with Gasteiger partial charge in [0, 0.05) is 0 Å². The highest BCUT2D eigenvalue weighted by atomic mass is 16.5. The van der Waals surface area contributed by atoms with E-state index >= 15 is 0 Å². The van der Waals surface area contributed by atoms with Crippen molar-refractivity contribution in [2.75, 3.05) is 12.8 Å². The predicted molar refractivity (Wildman–Crippen MR) is 71.3 cm³/mol. The Labute approximate surface area is 111 Å². The lowest BCUT2D eigenvalue weighted by Crippen LogP contribution is -2.09. The van der Waals surface area contributed by atoms with Crippen LogP contribution in [0.3, 0.4) is 0 Å². The molecule has 0 spiro atoms. The number of ether oxygens (including phenoxy) is 1. The summed E-state index contributed by atoms with van der Waals surface area (Å²) in [5.41, 5.74) is 9.17. The van der Waals surface area contributed by atoms with E-state index in [0.717, 1.165) is 11.4 Å². The van der Waals surface area contributed by atoms with Crippen molar-refractivity contribution in [3.05, 3.63) is 34.8 Å². The highest BCUT2D eigenvalue weighted by molar-refractivity contribution is 5.90. The van der Waals surface area contributed by atoms with E-state index in [-0.39, 0.29) is 0 Å². The molecule has 0 unspecified atom stereocenters. The van der Waals surface area contributed by atoms with Crippen LogP contribution in [0, 0.1) is 20.8 Å². The second-order valence-corrected chi connectivity index (χ2v) is 4.29. The summed E-state index contributed by atoms with van der Waals surface area (Å²) in [4.78, 5) is 15.9. The second kappa shape index (κ2) is 4.72. The van der Waals surface area contributed by atoms with Crippen LogP contribution >= 0.6 is 0 Å². The fourth-order valence-electron chi connectivity index (χ4n) is 1.87. The van der Waals surface area contributed by atoms with Crippen LogP contribution in [-0.2, 0) is 4.74 Å². The lowest BCUT2D eigenvalue weighted by Gasteiger charge is -2.07. The molecule has 0 aliphatic carbocycles. The number of hydrogen-bond donors (Lipinski definition) is 1. The number of aryl methyl sites for hydroxylation is 2. The molecule has 0 atom stereocenters. The number of carbonyl (C=O) groups is 1. The van der Waals surface area contributed by atoms with Crippen molar-refractivity contribution in [2.24, 2.45) is 0 Å². The van der Waals surface area contributed by atoms with Crippen molar-refractivity contribution in [3.8, 4) is 5.82 Å². The molecule has 0 aromatic carbocycles. The average Bonchev–Trinajstić information content (AvgIpc) is 2.65. The van der Waals surface area contributed by atoms with Crippen LogP contribution in [0.5, 0.6) is 0 Å². The van der Waals surface area contributed by atoms with E-state index < -0.39 is 5.97 Å². The number of carbonyl (C=O) groups excluding carboxylic acids is 1. The molecule has 2 rings (SSSR count). The van der Waals surface area contributed by atoms with Crippen molar-refractivity contribution in [2.45, 2.75) is 20.8 Å². The summed E-state index contributed by atoms with van der Waals surface area (Å²) in [7, 11) is 1.34. The van der Waals surface area contributed by atoms with Crippen molar-refractivity contribution < 1.29 is 9.53 Å². The molecule has 100 valence electrons. The lowest BCUT2D eigenvalue weighted by molar-refractivity contribution is 0.0599. The third-order valence-electron chi connectivity index (χ3n) is 3.04. The Bertz CT molecular complexity index is 646. The third kappa shape index (κ3) is 2.16. The predicted octanol–water partition coefficient (Wildman–Crippen LogP) is 1.56. The average molecular weight is 260 g/mol. The zero-order chi connectivity index (χ0) is 14.2. The molecule has 2 heterocycles. The van der Waals surface area contributed by atoms with Gasteiger partial charge in [-0.2, -0.15) is 5.10 Å². The molecule has 6 nitrogen and oxygen atoms in total. The second-order valence-electron chi connectivity index (χ2n) is 4.29. The molecule has 0 radical (unpaired) electrons. The normalized spacial score (nSPS) is 10.5. The summed E-state index contributed by atoms with van der Waals surface area (Å²) >= 11 is 0. The lowest BCUT2D eigenvalue weighted by atomic mass is 10.2. The number of aromatic nitrogens is 3. The molecule has 0 fully saturated rings. The number of anilines is 1. The minimum atomic E-state index is -0.399. The quantitative estimate of drug-likeness (QED) is 0.828. The number of methoxy groups -OCH3 is 1. The number of pyridine rings is 1. The van der Waals surface area contributed by atoms with E-state index in [4.69, 9.17) is 5.73 Å². The van der Waals surface area contributed by atoms with Crippen LogP contribution in [0.4, 0.5) is 5.69 Å². The van der Waals surface area contributed by atoms with Gasteiger partial charge in [0.25, 0.3) is 0 Å². The fourth-order valence-corrected chi connectivity index (χ4v) is 1.87. The molecule has 6 heteroatoms. The molecular weight excluding hydrogens is 244 g/mol. The number of rotatable bonds is 2. The van der Waals surface area contributed by atoms with Crippen LogP contribution in [-0.4, -0.2) is 27.8 Å². The van der Waals surface area contributed by atoms with Crippen LogP contribution in [0.15, 0.2) is 12.1 Å². The van der Waals surface area contributed by atoms with E-state index in [2.05, 4.69) is 14.8 Å². The van der Waals surface area contributed by atoms with Crippen molar-refractivity contribution in [1.29, 1.82) is 0 Å². The van der Waals surface area contributed by atoms with E-state index in [1.807, 2.05) is 13.8 Å². The first-order valence-corrected chi connectivity index (χ1v) is 5.83. The molecular formula is C13H16N4O2. The van der Waals surface area contributed by atoms with Crippen molar-refractivity contribution in [3.63, 3.8) is 0 Å². The third-order valence-corrected chi connectivity index (χ3v) is 3.04. The van der Waals surface area contributed by atoms with Gasteiger partial charge in [-0.25, -0.2) is 14.5 Å². The first-order chi connectivity index (χ1) is 8.95. The van der Waals surface area contributed by atoms with Gasteiger partial charge in [-0.05, 0) is 32.9 Å². The fraction of sp³-hybridized carbons (Fsp3) is 0.308. The maximum Gasteiger partial charge on any atom is 0.339 e. The first kappa shape index (κ1) is 13.1. The maximum absolute atomic E-state index is 11.5. The standard InChI is InChI=1S/C13H16N4O2/c1-7-10(13(18)19-4)5-6-11(15-7)17-9(3)12(14)8(2)16-17/h5-6H,14H2,1-4H3. The topological polar surface area (TPSA) is 83.0 Å². The highest BCUT2D eigenvalue weighted by Gasteiger charge is 2.14. The Morgan fingerprint density at radius 1 is 1.26 bits per heavy atom. The summed E-state index contributed by atoms with van der Waals surface area (Å²) < 4.78 is 6.35. The molecule has 2 aromatic heterocycles. The van der Waals surface area contributed by atoms with Gasteiger partial charge in [0.15, 0.2) is 5.82 Å². The molecule has 0 aliphatic heterocycles. The van der Waals surface area contributed by atoms with Crippen LogP contribution in [0.2, 0.25) is 0 Å². The molecule has 19 heavy (non-hydrogen) atoms. The molecule has 0 aliphatic rings. The summed E-state index contributed by atoms with van der Waals surface area (Å²) in [6.45, 7) is 5.47. The Hall–Kier alpha value is -2.37. The van der Waals surface area contributed by atoms with Gasteiger partial charge in [0.1, 0.15) is 0 Å². The highest BCUT2D eigenvalue weighted by Crippen LogP contribution is 2.19. The number of nitrogens with zero attached hydrogens (tertiary/aromatic N) is 3. The molecule has 0 saturated carbocycles. The Balaban J connectivity index is 2.50. The molecule has 0 bridgehead atoms. The summed E-state index contributed by atoms with van der Waals surface area (Å²) in [5.74, 6) is 0.229. The van der Waals surface area contributed by atoms with E-state index in [1.54, 1.807) is 23.7 Å². The van der Waals surface area contributed by atoms with Gasteiger partial charge in [0.2, 0.25) is 0 Å². The molecule has 0 saturated heterocycles. The summed E-state index contributed by atoms with van der Waals surface area (Å²) in [6, 6.07) is 3.40. The zero-order valence-corrected chi connectivity index (χ0v) is 11.4. The van der Waals surface area contributed by atoms with Crippen molar-refractivity contribution in [1.82, 2.24) is 14.8 Å². The number of hydrogen-bond acceptors (Lipinski definition) is 5. The van der Waals surface area contributed by atoms with E-state index in [9.17, 15) is 4.79 Å². The largest absolute Gasteiger partial charge is 0.465 e. The molecule has 2 aromatic rings. The number of nitrogens with two attached hydrogens (primary N) is 1. The van der Waals surface area contributed by atoms with Gasteiger partial charge >= 0.3 is 5.97 Å². The number of esters is 1. The Kier molecular flexibility index (Phi) is 3.25. The monoisotopic (exact) mass is 260 g/mol. The minimum Gasteiger partial charge on any atom is -0.465 e. The minimum absolute atomic E-state index is 0.399. The summed E-state index contributed by atoms with van der Waals surface area (Å²) in [5, 5.41) is 4.33. The van der Waals surface area contributed by atoms with Gasteiger partial charge in [-0.3, -0.25) is 0 Å². The van der Waals surface area contributed by atoms with Crippen LogP contribution in [0.1, 0.15) is 27.4 Å². The van der Waals surface area contributed by atoms with Gasteiger partial charge in [0.05, 0.1) is 35.4 Å². The molecule has 0 amide bonds. The molecule has 2 N–H and O–H groups in total. The van der Waals surface area contributed by atoms with Gasteiger partial charge in [-0.15, -0.1) is 0 Å². The maximum atomic E-state index is 11.5. The summed E-state index contributed by atoms with van der Waals surface area (Å²) in [6.07, 6.45) is 0. The van der Waals surface area contributed by atoms with Crippen LogP contribution in [0.25, 0.3) is 5.82 Å². The zero-order valence-electron chi connectivity index (χ0n) is 11.4. The van der Waals surface area contributed by atoms with Crippen molar-refractivity contribution >= 4 is 11.7 Å². The van der Waals surface area contributed by atoms with Gasteiger partial charge < -0.3 is 10.5 Å². The smallest absolute Gasteiger partial charge is 0.339 e. The Morgan fingerprint density at radius 2 is 1.95 bits per heavy atom. The first-order valence-electron chi connectivity index (χ1n) is 5.83. The van der Waals surface area contributed by atoms with E-state index in [0.29, 0.717) is 22.8 Å². The van der Waals surface area contributed by atoms with Crippen LogP contribution < -0.4 is 5.73 Å². The van der Waals surface area contributed by atoms with Gasteiger partial charge in [-0.1, -0.05) is 0 Å². The van der Waals surface area contributed by atoms with E-state index in [1.165, 1.54) is 7.11 Å². The SMILES string of the molecule is COC(=O)c1ccc(-n2nc(C)c(N)c2C)nc1C. The number of nitrogen functional groups attached to an aromatic ring is 1. The Morgan fingerprint density at radius 3 is 2.42 bits per heavy atom.